The second-order valence-electron chi connectivity index (χ2n) is 5.90. The van der Waals surface area contributed by atoms with Crippen LogP contribution in [0.4, 0.5) is 10.1 Å². The van der Waals surface area contributed by atoms with Crippen molar-refractivity contribution in [1.29, 1.82) is 5.41 Å². The molecular weight excluding hydrogens is 444 g/mol. The molecule has 1 unspecified atom stereocenters. The van der Waals surface area contributed by atoms with E-state index in [1.807, 2.05) is 0 Å². The van der Waals surface area contributed by atoms with Gasteiger partial charge in [-0.3, -0.25) is 15.0 Å². The quantitative estimate of drug-likeness (QED) is 0.257. The Bertz CT molecular complexity index is 942. The van der Waals surface area contributed by atoms with E-state index in [1.165, 1.54) is 18.2 Å². The van der Waals surface area contributed by atoms with E-state index < -0.39 is 23.7 Å². The van der Waals surface area contributed by atoms with Crippen molar-refractivity contribution in [2.75, 3.05) is 11.9 Å². The van der Waals surface area contributed by atoms with Crippen molar-refractivity contribution in [3.05, 3.63) is 62.8 Å². The highest BCUT2D eigenvalue weighted by Crippen LogP contribution is 2.28. The molecule has 1 atom stereocenters. The SMILES string of the molecule is N=C(N)NCCC(NC(=O)C(=O)Nc1ccc(Cl)c(F)c1)c1ccc(Cl)cc1Cl. The van der Waals surface area contributed by atoms with E-state index in [0.717, 1.165) is 6.07 Å². The van der Waals surface area contributed by atoms with Crippen LogP contribution in [0.15, 0.2) is 36.4 Å². The number of hydrogen-bond donors (Lipinski definition) is 5. The van der Waals surface area contributed by atoms with Crippen molar-refractivity contribution in [2.24, 2.45) is 5.73 Å². The van der Waals surface area contributed by atoms with Crippen molar-refractivity contribution in [3.63, 3.8) is 0 Å². The van der Waals surface area contributed by atoms with Gasteiger partial charge in [0, 0.05) is 22.3 Å². The number of benzene rings is 2. The largest absolute Gasteiger partial charge is 0.370 e. The Balaban J connectivity index is 2.13. The molecule has 6 N–H and O–H groups in total. The van der Waals surface area contributed by atoms with E-state index in [2.05, 4.69) is 16.0 Å². The van der Waals surface area contributed by atoms with Gasteiger partial charge in [0.15, 0.2) is 5.96 Å². The molecule has 0 heterocycles. The number of halogens is 4. The molecule has 2 amide bonds. The van der Waals surface area contributed by atoms with Gasteiger partial charge in [0.2, 0.25) is 0 Å². The van der Waals surface area contributed by atoms with Crippen LogP contribution in [-0.2, 0) is 9.59 Å². The summed E-state index contributed by atoms with van der Waals surface area (Å²) in [5.41, 5.74) is 5.87. The van der Waals surface area contributed by atoms with Crippen LogP contribution in [0.5, 0.6) is 0 Å². The monoisotopic (exact) mass is 459 g/mol. The smallest absolute Gasteiger partial charge is 0.313 e. The van der Waals surface area contributed by atoms with Crippen LogP contribution in [0.1, 0.15) is 18.0 Å². The molecule has 11 heteroatoms. The van der Waals surface area contributed by atoms with Gasteiger partial charge in [0.05, 0.1) is 11.1 Å². The van der Waals surface area contributed by atoms with Crippen LogP contribution in [0.3, 0.4) is 0 Å². The maximum Gasteiger partial charge on any atom is 0.313 e. The number of nitrogens with one attached hydrogen (secondary N) is 4. The summed E-state index contributed by atoms with van der Waals surface area (Å²) in [7, 11) is 0. The molecule has 0 aliphatic heterocycles. The molecule has 2 rings (SSSR count). The summed E-state index contributed by atoms with van der Waals surface area (Å²) in [6.07, 6.45) is 0.273. The maximum absolute atomic E-state index is 13.5. The normalized spacial score (nSPS) is 11.4. The van der Waals surface area contributed by atoms with Crippen LogP contribution in [0.2, 0.25) is 15.1 Å². The lowest BCUT2D eigenvalue weighted by Crippen LogP contribution is -2.40. The number of carbonyl (C=O) groups is 2. The fourth-order valence-electron chi connectivity index (χ4n) is 2.43. The fraction of sp³-hybridized carbons (Fsp3) is 0.167. The molecule has 7 nitrogen and oxygen atoms in total. The molecule has 0 saturated carbocycles. The standard InChI is InChI=1S/C18H17Cl3FN5O2/c19-9-1-3-11(13(21)7-9)15(5-6-25-18(23)24)27-17(29)16(28)26-10-2-4-12(20)14(22)8-10/h1-4,7-8,15H,5-6H2,(H,26,28)(H,27,29)(H4,23,24,25). The minimum absolute atomic E-state index is 0.0753. The third-order valence-corrected chi connectivity index (χ3v) is 4.64. The van der Waals surface area contributed by atoms with Gasteiger partial charge in [-0.2, -0.15) is 0 Å². The first-order valence-electron chi connectivity index (χ1n) is 8.27. The Hall–Kier alpha value is -2.55. The molecule has 0 spiro atoms. The van der Waals surface area contributed by atoms with Gasteiger partial charge in [0.25, 0.3) is 0 Å². The first-order chi connectivity index (χ1) is 13.7. The average Bonchev–Trinajstić information content (AvgIpc) is 2.63. The lowest BCUT2D eigenvalue weighted by atomic mass is 10.0. The molecule has 2 aromatic carbocycles. The minimum Gasteiger partial charge on any atom is -0.370 e. The first-order valence-corrected chi connectivity index (χ1v) is 9.40. The molecule has 0 fully saturated rings. The van der Waals surface area contributed by atoms with Crippen LogP contribution >= 0.6 is 34.8 Å². The highest BCUT2D eigenvalue weighted by Gasteiger charge is 2.22. The van der Waals surface area contributed by atoms with Gasteiger partial charge in [0.1, 0.15) is 5.82 Å². The number of amides is 2. The molecule has 29 heavy (non-hydrogen) atoms. The summed E-state index contributed by atoms with van der Waals surface area (Å²) in [6.45, 7) is 0.239. The second-order valence-corrected chi connectivity index (χ2v) is 7.15. The fourth-order valence-corrected chi connectivity index (χ4v) is 3.08. The molecule has 0 saturated heterocycles. The third kappa shape index (κ3) is 6.77. The van der Waals surface area contributed by atoms with Crippen molar-refractivity contribution >= 4 is 58.3 Å². The number of rotatable bonds is 6. The average molecular weight is 461 g/mol. The Morgan fingerprint density at radius 2 is 1.79 bits per heavy atom. The maximum atomic E-state index is 13.5. The molecular formula is C18H17Cl3FN5O2. The number of guanidine groups is 1. The number of carbonyl (C=O) groups excluding carboxylic acids is 2. The Morgan fingerprint density at radius 3 is 2.41 bits per heavy atom. The van der Waals surface area contributed by atoms with Crippen LogP contribution < -0.4 is 21.7 Å². The minimum atomic E-state index is -0.999. The van der Waals surface area contributed by atoms with Crippen LogP contribution in [0, 0.1) is 11.2 Å². The van der Waals surface area contributed by atoms with Gasteiger partial charge in [-0.1, -0.05) is 40.9 Å². The predicted octanol–water partition coefficient (Wildman–Crippen LogP) is 3.46. The van der Waals surface area contributed by atoms with Crippen LogP contribution in [-0.4, -0.2) is 24.3 Å². The van der Waals surface area contributed by atoms with Crippen molar-refractivity contribution in [2.45, 2.75) is 12.5 Å². The summed E-state index contributed by atoms with van der Waals surface area (Å²) in [6, 6.07) is 7.67. The molecule has 0 aromatic heterocycles. The molecule has 154 valence electrons. The van der Waals surface area contributed by atoms with E-state index in [9.17, 15) is 14.0 Å². The van der Waals surface area contributed by atoms with Gasteiger partial charge >= 0.3 is 11.8 Å². The zero-order chi connectivity index (χ0) is 21.6. The molecule has 0 aliphatic rings. The molecule has 0 radical (unpaired) electrons. The lowest BCUT2D eigenvalue weighted by molar-refractivity contribution is -0.136. The molecule has 0 bridgehead atoms. The highest BCUT2D eigenvalue weighted by molar-refractivity contribution is 6.40. The number of hydrogen-bond acceptors (Lipinski definition) is 3. The topological polar surface area (TPSA) is 120 Å². The summed E-state index contributed by atoms with van der Waals surface area (Å²) >= 11 is 17.7. The van der Waals surface area contributed by atoms with E-state index in [1.54, 1.807) is 12.1 Å². The number of nitrogens with two attached hydrogens (primary N) is 1. The van der Waals surface area contributed by atoms with Gasteiger partial charge in [-0.25, -0.2) is 4.39 Å². The van der Waals surface area contributed by atoms with Crippen LogP contribution in [0.25, 0.3) is 0 Å². The van der Waals surface area contributed by atoms with E-state index in [-0.39, 0.29) is 29.6 Å². The van der Waals surface area contributed by atoms with E-state index in [0.29, 0.717) is 15.6 Å². The van der Waals surface area contributed by atoms with Crippen molar-refractivity contribution in [1.82, 2.24) is 10.6 Å². The zero-order valence-electron chi connectivity index (χ0n) is 14.9. The van der Waals surface area contributed by atoms with E-state index in [4.69, 9.17) is 45.9 Å². The van der Waals surface area contributed by atoms with Crippen molar-refractivity contribution < 1.29 is 14.0 Å². The third-order valence-electron chi connectivity index (χ3n) is 3.78. The first kappa shape index (κ1) is 22.7. The number of anilines is 1. The summed E-state index contributed by atoms with van der Waals surface area (Å²) in [5, 5.41) is 15.3. The highest BCUT2D eigenvalue weighted by atomic mass is 35.5. The lowest BCUT2D eigenvalue weighted by Gasteiger charge is -2.20. The second kappa shape index (κ2) is 10.3. The van der Waals surface area contributed by atoms with Gasteiger partial charge in [-0.15, -0.1) is 0 Å². The zero-order valence-corrected chi connectivity index (χ0v) is 17.1. The Morgan fingerprint density at radius 1 is 1.07 bits per heavy atom. The van der Waals surface area contributed by atoms with Crippen molar-refractivity contribution in [3.8, 4) is 0 Å². The molecule has 2 aromatic rings. The van der Waals surface area contributed by atoms with Gasteiger partial charge < -0.3 is 21.7 Å². The molecule has 0 aliphatic carbocycles. The summed E-state index contributed by atoms with van der Waals surface area (Å²) in [5.74, 6) is -2.92. The van der Waals surface area contributed by atoms with Gasteiger partial charge in [-0.05, 0) is 42.3 Å². The summed E-state index contributed by atoms with van der Waals surface area (Å²) in [4.78, 5) is 24.6. The predicted molar refractivity (Wildman–Crippen MR) is 112 cm³/mol. The Labute approximate surface area is 181 Å². The Kier molecular flexibility index (Phi) is 8.07. The van der Waals surface area contributed by atoms with E-state index >= 15 is 0 Å². The summed E-state index contributed by atoms with van der Waals surface area (Å²) < 4.78 is 13.5.